The molecular weight excluding hydrogens is 366 g/mol. The van der Waals surface area contributed by atoms with Crippen molar-refractivity contribution in [2.24, 2.45) is 0 Å². The maximum atomic E-state index is 4.66. The van der Waals surface area contributed by atoms with Gasteiger partial charge in [-0.2, -0.15) is 10.1 Å². The van der Waals surface area contributed by atoms with E-state index in [1.807, 2.05) is 42.8 Å². The Kier molecular flexibility index (Phi) is 3.54. The molecule has 0 fully saturated rings. The number of benzene rings is 1. The van der Waals surface area contributed by atoms with Crippen LogP contribution in [0.25, 0.3) is 21.1 Å². The van der Waals surface area contributed by atoms with Crippen LogP contribution >= 0.6 is 22.7 Å². The molecule has 0 bridgehead atoms. The lowest BCUT2D eigenvalue weighted by molar-refractivity contribution is 1.12. The van der Waals surface area contributed by atoms with E-state index in [0.717, 1.165) is 42.6 Å². The number of aromatic nitrogens is 5. The van der Waals surface area contributed by atoms with Gasteiger partial charge >= 0.3 is 0 Å². The minimum atomic E-state index is 0.525. The molecule has 0 saturated carbocycles. The van der Waals surface area contributed by atoms with Crippen molar-refractivity contribution < 1.29 is 0 Å². The van der Waals surface area contributed by atoms with Crippen molar-refractivity contribution in [3.8, 4) is 0 Å². The Morgan fingerprint density at radius 3 is 2.92 bits per heavy atom. The lowest BCUT2D eigenvalue weighted by Gasteiger charge is -2.09. The van der Waals surface area contributed by atoms with Crippen LogP contribution in [0.4, 0.5) is 22.6 Å². The molecule has 0 radical (unpaired) electrons. The van der Waals surface area contributed by atoms with Gasteiger partial charge in [0.2, 0.25) is 5.95 Å². The Bertz CT molecular complexity index is 1220. The molecule has 0 aliphatic rings. The van der Waals surface area contributed by atoms with Crippen molar-refractivity contribution in [1.82, 2.24) is 25.1 Å². The molecule has 0 atom stereocenters. The number of hydrogen-bond acceptors (Lipinski definition) is 8. The summed E-state index contributed by atoms with van der Waals surface area (Å²) in [6.45, 7) is 2.02. The van der Waals surface area contributed by atoms with Crippen molar-refractivity contribution in [3.63, 3.8) is 0 Å². The van der Waals surface area contributed by atoms with Crippen LogP contribution in [0.3, 0.4) is 0 Å². The molecule has 4 aromatic heterocycles. The van der Waals surface area contributed by atoms with Crippen molar-refractivity contribution in [3.05, 3.63) is 46.9 Å². The second-order valence-corrected chi connectivity index (χ2v) is 7.88. The average Bonchev–Trinajstić information content (AvgIpc) is 3.35. The summed E-state index contributed by atoms with van der Waals surface area (Å²) in [6.07, 6.45) is 3.63. The van der Waals surface area contributed by atoms with Crippen LogP contribution in [0.2, 0.25) is 0 Å². The van der Waals surface area contributed by atoms with E-state index in [9.17, 15) is 0 Å². The van der Waals surface area contributed by atoms with Crippen molar-refractivity contribution >= 4 is 66.4 Å². The third-order valence-electron chi connectivity index (χ3n) is 3.85. The molecular formula is C17H13N7S2. The molecule has 5 rings (SSSR count). The maximum absolute atomic E-state index is 4.66. The molecule has 0 saturated heterocycles. The summed E-state index contributed by atoms with van der Waals surface area (Å²) < 4.78 is 1.01. The second-order valence-electron chi connectivity index (χ2n) is 5.73. The largest absolute Gasteiger partial charge is 0.339 e. The molecule has 3 N–H and O–H groups in total. The fourth-order valence-electron chi connectivity index (χ4n) is 2.67. The van der Waals surface area contributed by atoms with E-state index in [0.29, 0.717) is 5.95 Å². The van der Waals surface area contributed by atoms with E-state index in [2.05, 4.69) is 35.8 Å². The highest BCUT2D eigenvalue weighted by Crippen LogP contribution is 2.31. The quantitative estimate of drug-likeness (QED) is 0.415. The number of thiazole rings is 1. The van der Waals surface area contributed by atoms with Gasteiger partial charge in [0.25, 0.3) is 0 Å². The van der Waals surface area contributed by atoms with Gasteiger partial charge in [-0.05, 0) is 36.6 Å². The molecule has 0 unspecified atom stereocenters. The molecule has 0 aliphatic carbocycles. The van der Waals surface area contributed by atoms with E-state index >= 15 is 0 Å². The molecule has 26 heavy (non-hydrogen) atoms. The summed E-state index contributed by atoms with van der Waals surface area (Å²) in [6, 6.07) is 8.02. The van der Waals surface area contributed by atoms with Crippen LogP contribution in [0.15, 0.2) is 42.0 Å². The number of aromatic amines is 1. The summed E-state index contributed by atoms with van der Waals surface area (Å²) in [5, 5.41) is 17.5. The Morgan fingerprint density at radius 1 is 1.08 bits per heavy atom. The van der Waals surface area contributed by atoms with Crippen LogP contribution in [0.1, 0.15) is 4.88 Å². The fraction of sp³-hybridized carbons (Fsp3) is 0.0588. The van der Waals surface area contributed by atoms with E-state index in [1.165, 1.54) is 0 Å². The zero-order valence-electron chi connectivity index (χ0n) is 13.6. The lowest BCUT2D eigenvalue weighted by Crippen LogP contribution is -2.01. The number of hydrogen-bond donors (Lipinski definition) is 3. The average molecular weight is 379 g/mol. The minimum Gasteiger partial charge on any atom is -0.339 e. The third-order valence-corrected chi connectivity index (χ3v) is 5.59. The van der Waals surface area contributed by atoms with Crippen LogP contribution in [0, 0.1) is 6.92 Å². The second kappa shape index (κ2) is 6.04. The first kappa shape index (κ1) is 15.2. The number of aryl methyl sites for hydroxylation is 1. The van der Waals surface area contributed by atoms with Gasteiger partial charge in [-0.1, -0.05) is 0 Å². The zero-order valence-corrected chi connectivity index (χ0v) is 15.3. The molecule has 5 aromatic rings. The van der Waals surface area contributed by atoms with Crippen LogP contribution in [0.5, 0.6) is 0 Å². The number of rotatable bonds is 4. The van der Waals surface area contributed by atoms with Gasteiger partial charge in [0.05, 0.1) is 21.9 Å². The van der Waals surface area contributed by atoms with Crippen LogP contribution in [-0.2, 0) is 0 Å². The first-order valence-electron chi connectivity index (χ1n) is 7.89. The Morgan fingerprint density at radius 2 is 2.04 bits per heavy atom. The molecule has 7 nitrogen and oxygen atoms in total. The van der Waals surface area contributed by atoms with Gasteiger partial charge in [-0.3, -0.25) is 10.4 Å². The number of anilines is 4. The summed E-state index contributed by atoms with van der Waals surface area (Å²) >= 11 is 3.18. The topological polar surface area (TPSA) is 91.4 Å². The molecule has 128 valence electrons. The van der Waals surface area contributed by atoms with Crippen molar-refractivity contribution in [2.45, 2.75) is 6.92 Å². The smallest absolute Gasteiger partial charge is 0.231 e. The Labute approximate surface area is 156 Å². The van der Waals surface area contributed by atoms with Crippen LogP contribution < -0.4 is 10.6 Å². The Balaban J connectivity index is 1.53. The van der Waals surface area contributed by atoms with E-state index in [-0.39, 0.29) is 0 Å². The first-order chi connectivity index (χ1) is 12.7. The molecule has 0 spiro atoms. The van der Waals surface area contributed by atoms with Gasteiger partial charge < -0.3 is 5.32 Å². The standard InChI is InChI=1S/C17H13N7S2/c1-9-7-18-17(26-9)23-16-21-13-4-5-25-14(13)15(22-16)20-11-2-3-12-10(6-11)8-19-24-12/h2-8H,1H3,(H,19,24)(H2,18,20,21,22,23). The zero-order chi connectivity index (χ0) is 17.5. The minimum absolute atomic E-state index is 0.525. The monoisotopic (exact) mass is 379 g/mol. The van der Waals surface area contributed by atoms with Gasteiger partial charge in [-0.25, -0.2) is 9.97 Å². The normalized spacial score (nSPS) is 11.3. The Hall–Kier alpha value is -3.04. The predicted octanol–water partition coefficient (Wildman–Crippen LogP) is 4.82. The number of nitrogens with one attached hydrogen (secondary N) is 3. The summed E-state index contributed by atoms with van der Waals surface area (Å²) in [7, 11) is 0. The molecule has 0 aliphatic heterocycles. The molecule has 9 heteroatoms. The number of nitrogens with zero attached hydrogens (tertiary/aromatic N) is 4. The fourth-order valence-corrected chi connectivity index (χ4v) is 4.10. The highest BCUT2D eigenvalue weighted by Gasteiger charge is 2.11. The predicted molar refractivity (Wildman–Crippen MR) is 107 cm³/mol. The van der Waals surface area contributed by atoms with E-state index in [1.54, 1.807) is 28.9 Å². The van der Waals surface area contributed by atoms with Gasteiger partial charge in [-0.15, -0.1) is 22.7 Å². The number of fused-ring (bicyclic) bond motifs is 2. The maximum Gasteiger partial charge on any atom is 0.231 e. The van der Waals surface area contributed by atoms with Crippen LogP contribution in [-0.4, -0.2) is 25.1 Å². The van der Waals surface area contributed by atoms with E-state index in [4.69, 9.17) is 0 Å². The SMILES string of the molecule is Cc1cnc(Nc2nc(Nc3ccc4[nH]ncc4c3)c3sccc3n2)s1. The summed E-state index contributed by atoms with van der Waals surface area (Å²) in [5.41, 5.74) is 2.84. The summed E-state index contributed by atoms with van der Waals surface area (Å²) in [4.78, 5) is 14.7. The molecule has 1 aromatic carbocycles. The molecule has 4 heterocycles. The van der Waals surface area contributed by atoms with Gasteiger partial charge in [0, 0.05) is 22.1 Å². The lowest BCUT2D eigenvalue weighted by atomic mass is 10.2. The number of H-pyrrole nitrogens is 1. The first-order valence-corrected chi connectivity index (χ1v) is 9.59. The van der Waals surface area contributed by atoms with Gasteiger partial charge in [0.15, 0.2) is 10.9 Å². The highest BCUT2D eigenvalue weighted by molar-refractivity contribution is 7.17. The number of thiophene rings is 1. The highest BCUT2D eigenvalue weighted by atomic mass is 32.1. The third kappa shape index (κ3) is 2.76. The van der Waals surface area contributed by atoms with E-state index < -0.39 is 0 Å². The van der Waals surface area contributed by atoms with Crippen molar-refractivity contribution in [2.75, 3.05) is 10.6 Å². The van der Waals surface area contributed by atoms with Crippen molar-refractivity contribution in [1.29, 1.82) is 0 Å². The van der Waals surface area contributed by atoms with Gasteiger partial charge in [0.1, 0.15) is 0 Å². The summed E-state index contributed by atoms with van der Waals surface area (Å²) in [5.74, 6) is 1.29. The molecule has 0 amide bonds.